The van der Waals surface area contributed by atoms with Crippen molar-refractivity contribution in [2.45, 2.75) is 0 Å². The molecule has 2 nitrogen and oxygen atoms in total. The van der Waals surface area contributed by atoms with Crippen LogP contribution in [0.4, 0.5) is 0 Å². The summed E-state index contributed by atoms with van der Waals surface area (Å²) in [7, 11) is 0. The van der Waals surface area contributed by atoms with Crippen LogP contribution in [0.3, 0.4) is 0 Å². The van der Waals surface area contributed by atoms with Crippen LogP contribution < -0.4 is 0 Å². The third-order valence-corrected chi connectivity index (χ3v) is 11.3. The Morgan fingerprint density at radius 2 is 0.607 bits per heavy atom. The summed E-state index contributed by atoms with van der Waals surface area (Å²) in [5.74, 6) is 0. The fraction of sp³-hybridized carbons (Fsp3) is 0. The van der Waals surface area contributed by atoms with E-state index in [4.69, 9.17) is 0 Å². The first-order chi connectivity index (χ1) is 27.8. The van der Waals surface area contributed by atoms with Crippen molar-refractivity contribution in [3.05, 3.63) is 218 Å². The molecule has 0 N–H and O–H groups in total. The number of para-hydroxylation sites is 1. The third kappa shape index (κ3) is 5.34. The summed E-state index contributed by atoms with van der Waals surface area (Å²) in [4.78, 5) is 0. The number of rotatable bonds is 6. The second-order valence-corrected chi connectivity index (χ2v) is 14.6. The van der Waals surface area contributed by atoms with Crippen molar-refractivity contribution < 1.29 is 0 Å². The standard InChI is InChI=1S/C54H36N2/c1-4-13-37(14-5-1)40-23-28-45(29-24-40)55-52-32-27-42(39-17-8-3-9-18-39)34-50(52)49-31-26-44(36-54(49)55)43-25-30-48-47-21-10-11-22-51(47)56(53(48)35-43)46-20-12-19-41(33-46)38-15-6-2-7-16-38/h1-36H. The van der Waals surface area contributed by atoms with Gasteiger partial charge in [0, 0.05) is 32.9 Å². The number of nitrogens with zero attached hydrogens (tertiary/aromatic N) is 2. The second kappa shape index (κ2) is 13.2. The molecule has 2 aromatic heterocycles. The molecule has 0 aliphatic carbocycles. The largest absolute Gasteiger partial charge is 0.309 e. The lowest BCUT2D eigenvalue weighted by atomic mass is 10.00. The Hall–Kier alpha value is -7.42. The molecule has 0 spiro atoms. The van der Waals surface area contributed by atoms with Gasteiger partial charge in [-0.3, -0.25) is 0 Å². The van der Waals surface area contributed by atoms with Gasteiger partial charge in [0.05, 0.1) is 22.1 Å². The molecule has 0 fully saturated rings. The van der Waals surface area contributed by atoms with Crippen molar-refractivity contribution >= 4 is 43.6 Å². The number of hydrogen-bond acceptors (Lipinski definition) is 0. The van der Waals surface area contributed by atoms with Gasteiger partial charge < -0.3 is 9.13 Å². The maximum absolute atomic E-state index is 2.43. The summed E-state index contributed by atoms with van der Waals surface area (Å²) in [6.07, 6.45) is 0. The van der Waals surface area contributed by atoms with Crippen LogP contribution in [0.25, 0.3) is 99.5 Å². The minimum atomic E-state index is 1.14. The van der Waals surface area contributed by atoms with Gasteiger partial charge in [-0.2, -0.15) is 0 Å². The van der Waals surface area contributed by atoms with Gasteiger partial charge in [-0.25, -0.2) is 0 Å². The van der Waals surface area contributed by atoms with E-state index in [1.165, 1.54) is 88.1 Å². The fourth-order valence-corrected chi connectivity index (χ4v) is 8.61. The Morgan fingerprint density at radius 1 is 0.196 bits per heavy atom. The maximum atomic E-state index is 2.43. The molecule has 11 aromatic rings. The van der Waals surface area contributed by atoms with E-state index in [1.54, 1.807) is 0 Å². The van der Waals surface area contributed by atoms with Gasteiger partial charge in [0.2, 0.25) is 0 Å². The highest BCUT2D eigenvalue weighted by Gasteiger charge is 2.17. The molecule has 0 unspecified atom stereocenters. The first-order valence-electron chi connectivity index (χ1n) is 19.3. The molecule has 0 saturated carbocycles. The molecule has 0 amide bonds. The van der Waals surface area contributed by atoms with E-state index in [2.05, 4.69) is 228 Å². The van der Waals surface area contributed by atoms with Crippen LogP contribution in [-0.4, -0.2) is 9.13 Å². The van der Waals surface area contributed by atoms with Crippen LogP contribution in [0.1, 0.15) is 0 Å². The lowest BCUT2D eigenvalue weighted by molar-refractivity contribution is 1.18. The van der Waals surface area contributed by atoms with Crippen molar-refractivity contribution in [3.8, 4) is 55.9 Å². The van der Waals surface area contributed by atoms with Gasteiger partial charge in [0.1, 0.15) is 0 Å². The van der Waals surface area contributed by atoms with Crippen LogP contribution in [0.15, 0.2) is 218 Å². The molecule has 9 aromatic carbocycles. The summed E-state index contributed by atoms with van der Waals surface area (Å²) in [6, 6.07) is 79.4. The van der Waals surface area contributed by atoms with Crippen LogP contribution in [-0.2, 0) is 0 Å². The summed E-state index contributed by atoms with van der Waals surface area (Å²) >= 11 is 0. The zero-order chi connectivity index (χ0) is 37.0. The number of aromatic nitrogens is 2. The lowest BCUT2D eigenvalue weighted by Crippen LogP contribution is -1.95. The zero-order valence-electron chi connectivity index (χ0n) is 30.7. The first-order valence-corrected chi connectivity index (χ1v) is 19.3. The summed E-state index contributed by atoms with van der Waals surface area (Å²) in [5.41, 5.74) is 16.7. The number of benzene rings is 9. The quantitative estimate of drug-likeness (QED) is 0.162. The van der Waals surface area contributed by atoms with Gasteiger partial charge >= 0.3 is 0 Å². The zero-order valence-corrected chi connectivity index (χ0v) is 30.7. The van der Waals surface area contributed by atoms with E-state index in [-0.39, 0.29) is 0 Å². The summed E-state index contributed by atoms with van der Waals surface area (Å²) < 4.78 is 4.86. The topological polar surface area (TPSA) is 9.86 Å². The number of hydrogen-bond donors (Lipinski definition) is 0. The predicted octanol–water partition coefficient (Wildman–Crippen LogP) is 14.5. The minimum absolute atomic E-state index is 1.14. The monoisotopic (exact) mass is 712 g/mol. The van der Waals surface area contributed by atoms with Gasteiger partial charge in [-0.15, -0.1) is 0 Å². The van der Waals surface area contributed by atoms with E-state index in [0.717, 1.165) is 11.4 Å². The molecule has 0 bridgehead atoms. The smallest absolute Gasteiger partial charge is 0.0547 e. The fourth-order valence-electron chi connectivity index (χ4n) is 8.61. The maximum Gasteiger partial charge on any atom is 0.0547 e. The molecule has 262 valence electrons. The Bertz CT molecular complexity index is 3210. The molecule has 0 radical (unpaired) electrons. The van der Waals surface area contributed by atoms with Crippen molar-refractivity contribution in [3.63, 3.8) is 0 Å². The van der Waals surface area contributed by atoms with Crippen molar-refractivity contribution in [1.29, 1.82) is 0 Å². The van der Waals surface area contributed by atoms with E-state index >= 15 is 0 Å². The Kier molecular flexibility index (Phi) is 7.53. The highest BCUT2D eigenvalue weighted by atomic mass is 15.0. The van der Waals surface area contributed by atoms with E-state index in [1.807, 2.05) is 0 Å². The van der Waals surface area contributed by atoms with E-state index < -0.39 is 0 Å². The van der Waals surface area contributed by atoms with Crippen LogP contribution in [0.2, 0.25) is 0 Å². The Balaban J connectivity index is 1.10. The first kappa shape index (κ1) is 32.0. The molecule has 0 aliphatic rings. The van der Waals surface area contributed by atoms with Crippen molar-refractivity contribution in [1.82, 2.24) is 9.13 Å². The molecular formula is C54H36N2. The molecule has 56 heavy (non-hydrogen) atoms. The summed E-state index contributed by atoms with van der Waals surface area (Å²) in [5, 5.41) is 4.98. The van der Waals surface area contributed by atoms with Gasteiger partial charge in [0.25, 0.3) is 0 Å². The third-order valence-electron chi connectivity index (χ3n) is 11.3. The average Bonchev–Trinajstić information content (AvgIpc) is 3.79. The predicted molar refractivity (Wildman–Crippen MR) is 237 cm³/mol. The van der Waals surface area contributed by atoms with Gasteiger partial charge in [-0.1, -0.05) is 164 Å². The van der Waals surface area contributed by atoms with E-state index in [0.29, 0.717) is 0 Å². The van der Waals surface area contributed by atoms with Crippen LogP contribution in [0.5, 0.6) is 0 Å². The normalized spacial score (nSPS) is 11.6. The van der Waals surface area contributed by atoms with Crippen molar-refractivity contribution in [2.75, 3.05) is 0 Å². The lowest BCUT2D eigenvalue weighted by Gasteiger charge is -2.12. The van der Waals surface area contributed by atoms with Gasteiger partial charge in [0.15, 0.2) is 0 Å². The molecule has 0 saturated heterocycles. The Labute approximate surface area is 325 Å². The van der Waals surface area contributed by atoms with Crippen LogP contribution in [0, 0.1) is 0 Å². The minimum Gasteiger partial charge on any atom is -0.309 e. The number of fused-ring (bicyclic) bond motifs is 6. The molecule has 2 heteroatoms. The molecule has 11 rings (SSSR count). The highest BCUT2D eigenvalue weighted by molar-refractivity contribution is 6.13. The van der Waals surface area contributed by atoms with Gasteiger partial charge in [-0.05, 0) is 99.1 Å². The second-order valence-electron chi connectivity index (χ2n) is 14.6. The Morgan fingerprint density at radius 3 is 1.25 bits per heavy atom. The molecule has 0 aliphatic heterocycles. The highest BCUT2D eigenvalue weighted by Crippen LogP contribution is 2.40. The molecule has 2 heterocycles. The van der Waals surface area contributed by atoms with Crippen molar-refractivity contribution in [2.24, 2.45) is 0 Å². The average molecular weight is 713 g/mol. The SMILES string of the molecule is c1ccc(-c2ccc(-n3c4ccc(-c5ccccc5)cc4c4ccc(-c5ccc6c7ccccc7n(-c7cccc(-c8ccccc8)c7)c6c5)cc43)cc2)cc1. The van der Waals surface area contributed by atoms with Crippen LogP contribution >= 0.6 is 0 Å². The molecule has 0 atom stereocenters. The van der Waals surface area contributed by atoms with E-state index in [9.17, 15) is 0 Å². The summed E-state index contributed by atoms with van der Waals surface area (Å²) in [6.45, 7) is 0. The molecular weight excluding hydrogens is 677 g/mol.